The van der Waals surface area contributed by atoms with Gasteiger partial charge >= 0.3 is 0 Å². The van der Waals surface area contributed by atoms with Gasteiger partial charge in [-0.1, -0.05) is 48.5 Å². The van der Waals surface area contributed by atoms with Crippen LogP contribution in [-0.2, 0) is 27.4 Å². The average Bonchev–Trinajstić information content (AvgIpc) is 2.99. The standard InChI is InChI=1S/C32H39N3O5/c1-34(19-8-12-25-10-4-3-5-11-25)32(37)29-22-33-23-31(36)35(29)27-15-17-28(18-16-27)40-21-9-20-39-24-26-13-6-7-14-30(26)38-2/h3-7,10-11,13-18,29,33H,8-9,12,19-24H2,1-2H3/t29-/m1/s1. The molecule has 0 radical (unpaired) electrons. The first-order valence-electron chi connectivity index (χ1n) is 13.8. The summed E-state index contributed by atoms with van der Waals surface area (Å²) in [6, 6.07) is 24.8. The highest BCUT2D eigenvalue weighted by Crippen LogP contribution is 2.24. The molecule has 8 nitrogen and oxygen atoms in total. The minimum Gasteiger partial charge on any atom is -0.496 e. The molecule has 8 heteroatoms. The van der Waals surface area contributed by atoms with Crippen molar-refractivity contribution in [3.63, 3.8) is 0 Å². The van der Waals surface area contributed by atoms with Crippen LogP contribution in [0.4, 0.5) is 5.69 Å². The molecule has 1 fully saturated rings. The Labute approximate surface area is 236 Å². The van der Waals surface area contributed by atoms with Crippen molar-refractivity contribution in [3.8, 4) is 11.5 Å². The van der Waals surface area contributed by atoms with E-state index in [1.165, 1.54) is 5.56 Å². The maximum absolute atomic E-state index is 13.3. The Morgan fingerprint density at radius 2 is 1.73 bits per heavy atom. The van der Waals surface area contributed by atoms with E-state index in [1.54, 1.807) is 16.9 Å². The third-order valence-corrected chi connectivity index (χ3v) is 6.92. The molecule has 0 unspecified atom stereocenters. The summed E-state index contributed by atoms with van der Waals surface area (Å²) in [5.41, 5.74) is 2.95. The van der Waals surface area contributed by atoms with Crippen LogP contribution in [0.5, 0.6) is 11.5 Å². The van der Waals surface area contributed by atoms with Gasteiger partial charge in [-0.05, 0) is 48.7 Å². The molecule has 1 aliphatic rings. The SMILES string of the molecule is COc1ccccc1COCCCOc1ccc(N2C(=O)CNC[C@@H]2C(=O)N(C)CCCc2ccccc2)cc1. The van der Waals surface area contributed by atoms with E-state index >= 15 is 0 Å². The zero-order valence-corrected chi connectivity index (χ0v) is 23.4. The third kappa shape index (κ3) is 8.07. The Bertz CT molecular complexity index is 1220. The number of hydrogen-bond donors (Lipinski definition) is 1. The van der Waals surface area contributed by atoms with E-state index in [4.69, 9.17) is 14.2 Å². The molecule has 40 heavy (non-hydrogen) atoms. The number of anilines is 1. The maximum atomic E-state index is 13.3. The first-order valence-corrected chi connectivity index (χ1v) is 13.8. The van der Waals surface area contributed by atoms with Crippen molar-refractivity contribution in [2.45, 2.75) is 31.9 Å². The van der Waals surface area contributed by atoms with Crippen molar-refractivity contribution in [2.24, 2.45) is 0 Å². The van der Waals surface area contributed by atoms with Crippen LogP contribution in [0, 0.1) is 0 Å². The second-order valence-corrected chi connectivity index (χ2v) is 9.82. The second-order valence-electron chi connectivity index (χ2n) is 9.82. The predicted octanol–water partition coefficient (Wildman–Crippen LogP) is 4.08. The summed E-state index contributed by atoms with van der Waals surface area (Å²) in [6.45, 7) is 2.80. The highest BCUT2D eigenvalue weighted by Gasteiger charge is 2.35. The zero-order valence-electron chi connectivity index (χ0n) is 23.4. The molecule has 2 amide bonds. The summed E-state index contributed by atoms with van der Waals surface area (Å²) in [5, 5.41) is 3.09. The fourth-order valence-electron chi connectivity index (χ4n) is 4.78. The van der Waals surface area contributed by atoms with E-state index in [9.17, 15) is 9.59 Å². The number of aryl methyl sites for hydroxylation is 1. The normalized spacial score (nSPS) is 15.1. The fourth-order valence-corrected chi connectivity index (χ4v) is 4.78. The number of nitrogens with one attached hydrogen (secondary N) is 1. The minimum absolute atomic E-state index is 0.0675. The van der Waals surface area contributed by atoms with Gasteiger partial charge < -0.3 is 24.4 Å². The summed E-state index contributed by atoms with van der Waals surface area (Å²) >= 11 is 0. The molecule has 1 heterocycles. The van der Waals surface area contributed by atoms with Gasteiger partial charge in [-0.25, -0.2) is 0 Å². The summed E-state index contributed by atoms with van der Waals surface area (Å²) in [4.78, 5) is 29.6. The third-order valence-electron chi connectivity index (χ3n) is 6.92. The molecule has 1 saturated heterocycles. The topological polar surface area (TPSA) is 80.3 Å². The lowest BCUT2D eigenvalue weighted by molar-refractivity contribution is -0.134. The van der Waals surface area contributed by atoms with Crippen molar-refractivity contribution in [3.05, 3.63) is 90.0 Å². The van der Waals surface area contributed by atoms with Crippen LogP contribution in [0.1, 0.15) is 24.0 Å². The van der Waals surface area contributed by atoms with E-state index in [-0.39, 0.29) is 18.4 Å². The van der Waals surface area contributed by atoms with Gasteiger partial charge in [0.2, 0.25) is 11.8 Å². The molecule has 0 spiro atoms. The number of ether oxygens (including phenoxy) is 3. The number of carbonyl (C=O) groups excluding carboxylic acids is 2. The van der Waals surface area contributed by atoms with Crippen LogP contribution in [0.15, 0.2) is 78.9 Å². The van der Waals surface area contributed by atoms with Gasteiger partial charge in [0.15, 0.2) is 0 Å². The van der Waals surface area contributed by atoms with Crippen LogP contribution in [0.2, 0.25) is 0 Å². The lowest BCUT2D eigenvalue weighted by Gasteiger charge is -2.37. The number of rotatable bonds is 14. The first-order chi connectivity index (χ1) is 19.6. The summed E-state index contributed by atoms with van der Waals surface area (Å²) in [7, 11) is 3.46. The average molecular weight is 546 g/mol. The molecule has 212 valence electrons. The van der Waals surface area contributed by atoms with Gasteiger partial charge in [-0.15, -0.1) is 0 Å². The van der Waals surface area contributed by atoms with Gasteiger partial charge in [0.25, 0.3) is 0 Å². The van der Waals surface area contributed by atoms with E-state index in [0.717, 1.165) is 30.6 Å². The summed E-state index contributed by atoms with van der Waals surface area (Å²) in [6.07, 6.45) is 2.50. The number of para-hydroxylation sites is 1. The molecular weight excluding hydrogens is 506 g/mol. The summed E-state index contributed by atoms with van der Waals surface area (Å²) in [5.74, 6) is 1.34. The summed E-state index contributed by atoms with van der Waals surface area (Å²) < 4.78 is 17.0. The fraction of sp³-hybridized carbons (Fsp3) is 0.375. The smallest absolute Gasteiger partial charge is 0.246 e. The Hall–Kier alpha value is -3.88. The molecular formula is C32H39N3O5. The van der Waals surface area contributed by atoms with E-state index in [1.807, 2.05) is 73.8 Å². The number of likely N-dealkylation sites (N-methyl/N-ethyl adjacent to an activating group) is 1. The Kier molecular flexibility index (Phi) is 11.0. The van der Waals surface area contributed by atoms with Gasteiger partial charge in [0, 0.05) is 37.8 Å². The second kappa shape index (κ2) is 15.1. The molecule has 0 aliphatic carbocycles. The molecule has 4 rings (SSSR count). The van der Waals surface area contributed by atoms with Gasteiger partial charge in [0.1, 0.15) is 17.5 Å². The first kappa shape index (κ1) is 29.1. The molecule has 1 N–H and O–H groups in total. The van der Waals surface area contributed by atoms with E-state index < -0.39 is 6.04 Å². The van der Waals surface area contributed by atoms with Crippen LogP contribution >= 0.6 is 0 Å². The highest BCUT2D eigenvalue weighted by atomic mass is 16.5. The molecule has 0 aromatic heterocycles. The van der Waals surface area contributed by atoms with Crippen molar-refractivity contribution in [1.82, 2.24) is 10.2 Å². The molecule has 1 aliphatic heterocycles. The Morgan fingerprint density at radius 3 is 2.50 bits per heavy atom. The molecule has 3 aromatic rings. The number of methoxy groups -OCH3 is 1. The van der Waals surface area contributed by atoms with Gasteiger partial charge in [-0.2, -0.15) is 0 Å². The predicted molar refractivity (Wildman–Crippen MR) is 156 cm³/mol. The van der Waals surface area contributed by atoms with Crippen molar-refractivity contribution in [1.29, 1.82) is 0 Å². The van der Waals surface area contributed by atoms with Crippen LogP contribution in [0.3, 0.4) is 0 Å². The van der Waals surface area contributed by atoms with Crippen LogP contribution < -0.4 is 19.7 Å². The van der Waals surface area contributed by atoms with Crippen molar-refractivity contribution in [2.75, 3.05) is 51.9 Å². The van der Waals surface area contributed by atoms with Gasteiger partial charge in [0.05, 0.1) is 33.5 Å². The number of amides is 2. The van der Waals surface area contributed by atoms with Crippen molar-refractivity contribution < 1.29 is 23.8 Å². The largest absolute Gasteiger partial charge is 0.496 e. The molecule has 3 aromatic carbocycles. The minimum atomic E-state index is -0.588. The lowest BCUT2D eigenvalue weighted by atomic mass is 10.1. The number of piperazine rings is 1. The maximum Gasteiger partial charge on any atom is 0.246 e. The lowest BCUT2D eigenvalue weighted by Crippen LogP contribution is -2.61. The highest BCUT2D eigenvalue weighted by molar-refractivity contribution is 6.02. The Balaban J connectivity index is 1.24. The van der Waals surface area contributed by atoms with Gasteiger partial charge in [-0.3, -0.25) is 14.5 Å². The Morgan fingerprint density at radius 1 is 0.975 bits per heavy atom. The van der Waals surface area contributed by atoms with E-state index in [2.05, 4.69) is 17.4 Å². The van der Waals surface area contributed by atoms with Crippen molar-refractivity contribution >= 4 is 17.5 Å². The zero-order chi connectivity index (χ0) is 28.2. The molecule has 1 atom stereocenters. The number of carbonyl (C=O) groups is 2. The van der Waals surface area contributed by atoms with Crippen LogP contribution in [-0.4, -0.2) is 69.8 Å². The van der Waals surface area contributed by atoms with Crippen LogP contribution in [0.25, 0.3) is 0 Å². The molecule has 0 saturated carbocycles. The number of nitrogens with zero attached hydrogens (tertiary/aromatic N) is 2. The monoisotopic (exact) mass is 545 g/mol. The molecule has 0 bridgehead atoms. The number of benzene rings is 3. The number of hydrogen-bond acceptors (Lipinski definition) is 6. The quantitative estimate of drug-likeness (QED) is 0.308. The van der Waals surface area contributed by atoms with E-state index in [0.29, 0.717) is 44.3 Å².